The molecule has 2 aliphatic rings. The van der Waals surface area contributed by atoms with Crippen LogP contribution in [0.4, 0.5) is 0 Å². The van der Waals surface area contributed by atoms with Gasteiger partial charge in [-0.15, -0.1) is 0 Å². The van der Waals surface area contributed by atoms with Crippen LogP contribution < -0.4 is 5.32 Å². The molecule has 0 amide bonds. The monoisotopic (exact) mass is 217 g/mol. The van der Waals surface area contributed by atoms with E-state index in [1.807, 2.05) is 6.07 Å². The molecule has 2 N–H and O–H groups in total. The van der Waals surface area contributed by atoms with Gasteiger partial charge in [-0.3, -0.25) is 0 Å². The molecule has 1 saturated heterocycles. The molecule has 1 atom stereocenters. The molecule has 1 fully saturated rings. The van der Waals surface area contributed by atoms with Crippen LogP contribution in [0.2, 0.25) is 0 Å². The van der Waals surface area contributed by atoms with Crippen molar-refractivity contribution in [2.24, 2.45) is 0 Å². The minimum atomic E-state index is 0.470. The molecule has 0 radical (unpaired) electrons. The van der Waals surface area contributed by atoms with Crippen LogP contribution in [0.3, 0.4) is 0 Å². The van der Waals surface area contributed by atoms with Crippen LogP contribution in [-0.2, 0) is 12.8 Å². The largest absolute Gasteiger partial charge is 0.508 e. The SMILES string of the molecule is Oc1cc([C@@H]2CCCN2)cc2c1CCCC2. The highest BCUT2D eigenvalue weighted by atomic mass is 16.3. The minimum absolute atomic E-state index is 0.470. The molecule has 1 aromatic rings. The Kier molecular flexibility index (Phi) is 2.60. The fourth-order valence-electron chi connectivity index (χ4n) is 3.04. The average molecular weight is 217 g/mol. The van der Waals surface area contributed by atoms with Crippen molar-refractivity contribution in [2.75, 3.05) is 6.54 Å². The van der Waals surface area contributed by atoms with Crippen molar-refractivity contribution in [1.29, 1.82) is 0 Å². The summed E-state index contributed by atoms with van der Waals surface area (Å²) in [6.45, 7) is 1.11. The van der Waals surface area contributed by atoms with E-state index in [0.29, 0.717) is 11.8 Å². The number of aromatic hydroxyl groups is 1. The van der Waals surface area contributed by atoms with Crippen molar-refractivity contribution >= 4 is 0 Å². The van der Waals surface area contributed by atoms with Crippen molar-refractivity contribution in [3.8, 4) is 5.75 Å². The fraction of sp³-hybridized carbons (Fsp3) is 0.571. The fourth-order valence-corrected chi connectivity index (χ4v) is 3.04. The van der Waals surface area contributed by atoms with Crippen molar-refractivity contribution < 1.29 is 5.11 Å². The molecule has 1 aromatic carbocycles. The molecule has 0 bridgehead atoms. The second-order valence-electron chi connectivity index (χ2n) is 5.03. The van der Waals surface area contributed by atoms with E-state index in [2.05, 4.69) is 11.4 Å². The van der Waals surface area contributed by atoms with Gasteiger partial charge >= 0.3 is 0 Å². The summed E-state index contributed by atoms with van der Waals surface area (Å²) >= 11 is 0. The smallest absolute Gasteiger partial charge is 0.119 e. The first-order chi connectivity index (χ1) is 7.84. The Morgan fingerprint density at radius 3 is 2.81 bits per heavy atom. The van der Waals surface area contributed by atoms with E-state index in [9.17, 15) is 5.11 Å². The molecule has 1 aliphatic heterocycles. The van der Waals surface area contributed by atoms with Gasteiger partial charge < -0.3 is 10.4 Å². The van der Waals surface area contributed by atoms with Crippen molar-refractivity contribution in [2.45, 2.75) is 44.6 Å². The number of phenolic OH excluding ortho intramolecular Hbond substituents is 1. The molecule has 1 aliphatic carbocycles. The first-order valence-corrected chi connectivity index (χ1v) is 6.42. The number of hydrogen-bond acceptors (Lipinski definition) is 2. The summed E-state index contributed by atoms with van der Waals surface area (Å²) in [7, 11) is 0. The Balaban J connectivity index is 1.97. The lowest BCUT2D eigenvalue weighted by Gasteiger charge is -2.20. The Bertz CT molecular complexity index is 394. The minimum Gasteiger partial charge on any atom is -0.508 e. The zero-order chi connectivity index (χ0) is 11.0. The molecule has 0 saturated carbocycles. The maximum atomic E-state index is 10.1. The van der Waals surface area contributed by atoms with Gasteiger partial charge in [0.2, 0.25) is 0 Å². The van der Waals surface area contributed by atoms with Gasteiger partial charge in [0.25, 0.3) is 0 Å². The maximum Gasteiger partial charge on any atom is 0.119 e. The Morgan fingerprint density at radius 2 is 2.00 bits per heavy atom. The topological polar surface area (TPSA) is 32.3 Å². The molecule has 0 aromatic heterocycles. The van der Waals surface area contributed by atoms with E-state index < -0.39 is 0 Å². The lowest BCUT2D eigenvalue weighted by molar-refractivity contribution is 0.459. The van der Waals surface area contributed by atoms with E-state index in [-0.39, 0.29) is 0 Å². The molecular weight excluding hydrogens is 198 g/mol. The zero-order valence-electron chi connectivity index (χ0n) is 9.63. The van der Waals surface area contributed by atoms with Gasteiger partial charge in [0, 0.05) is 6.04 Å². The van der Waals surface area contributed by atoms with Crippen LogP contribution in [0.5, 0.6) is 5.75 Å². The number of hydrogen-bond donors (Lipinski definition) is 2. The van der Waals surface area contributed by atoms with Gasteiger partial charge in [0.15, 0.2) is 0 Å². The number of benzene rings is 1. The van der Waals surface area contributed by atoms with E-state index in [1.54, 1.807) is 0 Å². The van der Waals surface area contributed by atoms with E-state index >= 15 is 0 Å². The summed E-state index contributed by atoms with van der Waals surface area (Å²) in [5.74, 6) is 0.529. The second-order valence-corrected chi connectivity index (χ2v) is 5.03. The van der Waals surface area contributed by atoms with E-state index in [4.69, 9.17) is 0 Å². The third kappa shape index (κ3) is 1.71. The molecule has 16 heavy (non-hydrogen) atoms. The van der Waals surface area contributed by atoms with Crippen LogP contribution in [-0.4, -0.2) is 11.7 Å². The molecule has 0 unspecified atom stereocenters. The number of nitrogens with one attached hydrogen (secondary N) is 1. The van der Waals surface area contributed by atoms with Gasteiger partial charge in [-0.2, -0.15) is 0 Å². The molecule has 86 valence electrons. The highest BCUT2D eigenvalue weighted by molar-refractivity contribution is 5.45. The summed E-state index contributed by atoms with van der Waals surface area (Å²) in [6, 6.07) is 4.77. The van der Waals surface area contributed by atoms with Crippen LogP contribution in [0, 0.1) is 0 Å². The van der Waals surface area contributed by atoms with Crippen LogP contribution in [0.25, 0.3) is 0 Å². The van der Waals surface area contributed by atoms with Crippen LogP contribution in [0.1, 0.15) is 48.4 Å². The molecule has 0 spiro atoms. The van der Waals surface area contributed by atoms with Crippen molar-refractivity contribution in [3.05, 3.63) is 28.8 Å². The lowest BCUT2D eigenvalue weighted by Crippen LogP contribution is -2.14. The molecule has 1 heterocycles. The number of rotatable bonds is 1. The van der Waals surface area contributed by atoms with Crippen molar-refractivity contribution in [3.63, 3.8) is 0 Å². The molecular formula is C14H19NO. The molecule has 2 heteroatoms. The van der Waals surface area contributed by atoms with E-state index in [1.165, 1.54) is 42.4 Å². The summed E-state index contributed by atoms with van der Waals surface area (Å²) in [4.78, 5) is 0. The predicted octanol–water partition coefficient (Wildman–Crippen LogP) is 2.70. The normalized spacial score (nSPS) is 24.4. The van der Waals surface area contributed by atoms with Gasteiger partial charge in [-0.25, -0.2) is 0 Å². The van der Waals surface area contributed by atoms with Gasteiger partial charge in [0.1, 0.15) is 5.75 Å². The van der Waals surface area contributed by atoms with E-state index in [0.717, 1.165) is 19.4 Å². The van der Waals surface area contributed by atoms with Gasteiger partial charge in [-0.1, -0.05) is 6.07 Å². The first-order valence-electron chi connectivity index (χ1n) is 6.42. The number of fused-ring (bicyclic) bond motifs is 1. The highest BCUT2D eigenvalue weighted by Gasteiger charge is 2.20. The standard InChI is InChI=1S/C14H19NO/c16-14-9-11(13-6-3-7-15-13)8-10-4-1-2-5-12(10)14/h8-9,13,15-16H,1-7H2/t13-/m0/s1. The van der Waals surface area contributed by atoms with Crippen LogP contribution >= 0.6 is 0 Å². The Morgan fingerprint density at radius 1 is 1.12 bits per heavy atom. The quantitative estimate of drug-likeness (QED) is 0.758. The summed E-state index contributed by atoms with van der Waals surface area (Å²) in [6.07, 6.45) is 7.15. The number of phenols is 1. The summed E-state index contributed by atoms with van der Waals surface area (Å²) < 4.78 is 0. The third-order valence-corrected chi connectivity index (χ3v) is 3.93. The van der Waals surface area contributed by atoms with Gasteiger partial charge in [-0.05, 0) is 67.8 Å². The molecule has 2 nitrogen and oxygen atoms in total. The average Bonchev–Trinajstić information content (AvgIpc) is 2.82. The first kappa shape index (κ1) is 10.2. The van der Waals surface area contributed by atoms with Crippen LogP contribution in [0.15, 0.2) is 12.1 Å². The zero-order valence-corrected chi connectivity index (χ0v) is 9.63. The third-order valence-electron chi connectivity index (χ3n) is 3.93. The molecule has 3 rings (SSSR count). The lowest BCUT2D eigenvalue weighted by atomic mass is 9.88. The number of aryl methyl sites for hydroxylation is 1. The second kappa shape index (κ2) is 4.10. The maximum absolute atomic E-state index is 10.1. The van der Waals surface area contributed by atoms with Gasteiger partial charge in [0.05, 0.1) is 0 Å². The highest BCUT2D eigenvalue weighted by Crippen LogP contribution is 2.34. The van der Waals surface area contributed by atoms with Crippen molar-refractivity contribution in [1.82, 2.24) is 5.32 Å². The summed E-state index contributed by atoms with van der Waals surface area (Å²) in [5.41, 5.74) is 3.87. The Labute approximate surface area is 96.7 Å². The predicted molar refractivity (Wildman–Crippen MR) is 64.7 cm³/mol. The Hall–Kier alpha value is -1.02. The summed E-state index contributed by atoms with van der Waals surface area (Å²) in [5, 5.41) is 13.6.